The molecule has 0 saturated heterocycles. The Kier molecular flexibility index (Phi) is 28.3. The first-order valence-electron chi connectivity index (χ1n) is 53.4. The summed E-state index contributed by atoms with van der Waals surface area (Å²) in [5, 5.41) is 0. The predicted molar refractivity (Wildman–Crippen MR) is 479 cm³/mol. The van der Waals surface area contributed by atoms with Crippen LogP contribution >= 0.6 is 0 Å². The molecule has 0 aliphatic heterocycles. The summed E-state index contributed by atoms with van der Waals surface area (Å²) in [5.74, 6) is -6.72. The van der Waals surface area contributed by atoms with Crippen LogP contribution in [0.1, 0.15) is 552 Å². The molecule has 3 atom stereocenters. The van der Waals surface area contributed by atoms with Crippen LogP contribution in [0.4, 0.5) is 13.2 Å². The van der Waals surface area contributed by atoms with Crippen LogP contribution in [0.3, 0.4) is 0 Å². The van der Waals surface area contributed by atoms with Gasteiger partial charge in [0.1, 0.15) is 0 Å². The van der Waals surface area contributed by atoms with Crippen LogP contribution in [0.5, 0.6) is 0 Å². The van der Waals surface area contributed by atoms with Gasteiger partial charge in [0, 0.05) is 28.8 Å². The van der Waals surface area contributed by atoms with Crippen molar-refractivity contribution in [2.24, 2.45) is 89.1 Å². The molecule has 0 heterocycles. The Balaban J connectivity index is 0.000000738. The monoisotopic (exact) mass is 1520 g/mol. The average Bonchev–Trinajstić information content (AvgIpc) is 1.03. The Morgan fingerprint density at radius 1 is 0.430 bits per heavy atom. The van der Waals surface area contributed by atoms with Crippen molar-refractivity contribution in [1.29, 1.82) is 0 Å². The summed E-state index contributed by atoms with van der Waals surface area (Å²) in [6.07, 6.45) is 21.0. The lowest BCUT2D eigenvalue weighted by molar-refractivity contribution is -0.223. The largest absolute Gasteiger partial charge is 0.394 e. The van der Waals surface area contributed by atoms with Gasteiger partial charge in [-0.05, 0) is 286 Å². The fraction of sp³-hybridized carbons (Fsp3) is 0.885. The molecule has 7 aliphatic rings. The first-order valence-corrected chi connectivity index (χ1v) is 42.9. The van der Waals surface area contributed by atoms with Crippen molar-refractivity contribution >= 4 is 0 Å². The molecule has 7 fully saturated rings. The predicted octanol–water partition coefficient (Wildman–Crippen LogP) is 36.8. The van der Waals surface area contributed by atoms with Crippen LogP contribution in [0, 0.1) is 103 Å². The van der Waals surface area contributed by atoms with E-state index in [1.54, 1.807) is 6.92 Å². The Bertz CT molecular complexity index is 3550. The molecule has 107 heavy (non-hydrogen) atoms. The summed E-state index contributed by atoms with van der Waals surface area (Å²) in [6.45, 7) is 70.6. The summed E-state index contributed by atoms with van der Waals surface area (Å²) >= 11 is 0. The number of halogens is 3. The maximum Gasteiger partial charge on any atom is 0.394 e. The molecule has 3 heteroatoms. The second-order valence-corrected chi connectivity index (χ2v) is 42.9. The maximum absolute atomic E-state index is 12.7. The molecule has 1 spiro atoms. The molecule has 3 unspecified atom stereocenters. The smallest absolute Gasteiger partial charge is 0.171 e. The zero-order valence-electron chi connectivity index (χ0n) is 99.0. The summed E-state index contributed by atoms with van der Waals surface area (Å²) in [4.78, 5) is 0. The van der Waals surface area contributed by atoms with Crippen LogP contribution < -0.4 is 0 Å². The Hall–Kier alpha value is -1.77. The topological polar surface area (TPSA) is 0 Å². The Morgan fingerprint density at radius 3 is 1.05 bits per heavy atom. The zero-order chi connectivity index (χ0) is 102. The molecule has 9 rings (SSSR count). The van der Waals surface area contributed by atoms with E-state index in [-0.39, 0.29) is 74.4 Å². The van der Waals surface area contributed by atoms with Gasteiger partial charge in [-0.25, -0.2) is 0 Å². The standard InChI is InChI=1S/C17H28.C16H26.C14H26.C13H26.2C11H22.C8H13F3.C8H16.C6H14/c1-11(2)15-9-14(17(6,7)8)10-16(12(3)4)13(15)5;1-10(2)14-8-15(11(3)4)13(7)16(9-14)12(5)6;1-12-4-6-14(7-5-12)10-8-13(2,3)9-11-14;1-10-12(4,5)8-11(2,3)9-13(10,6)7;2*1-9-10(2,3)7-6-8-11(9,4)5;1-2-7(8(9,10)11)5-3-4-6-7;1-3-8(2)6-4-5-7-8;1-4-6(3)5-2/h9-12H,1-8H3;8-12H,1-7H3;12H,4-11H2,1-3H3;10H,8-9H2,1-7H3;2*9H,6-8H2,1-5H3;2-6H2,1H3;3-7H2,1-2H3;6H,4-5H2,1-3H3/i11D,12D;1D3,3D3,5D3,10D,11D,12D;12D;;9D;;2D2;3D2;6D. The maximum atomic E-state index is 12.7. The van der Waals surface area contributed by atoms with Crippen LogP contribution in [-0.2, 0) is 5.41 Å². The lowest BCUT2D eigenvalue weighted by Gasteiger charge is -2.54. The molecule has 7 aliphatic carbocycles. The van der Waals surface area contributed by atoms with E-state index in [4.69, 9.17) is 28.8 Å². The summed E-state index contributed by atoms with van der Waals surface area (Å²) in [7, 11) is 0. The van der Waals surface area contributed by atoms with Gasteiger partial charge in [0.25, 0.3) is 0 Å². The van der Waals surface area contributed by atoms with E-state index >= 15 is 0 Å². The number of rotatable bonds is 9. The van der Waals surface area contributed by atoms with E-state index in [1.807, 2.05) is 41.5 Å². The minimum Gasteiger partial charge on any atom is -0.171 e. The van der Waals surface area contributed by atoms with Gasteiger partial charge in [-0.3, -0.25) is 0 Å². The first kappa shape index (κ1) is 71.7. The van der Waals surface area contributed by atoms with Crippen molar-refractivity contribution in [2.45, 2.75) is 504 Å². The summed E-state index contributed by atoms with van der Waals surface area (Å²) in [5.41, 5.74) is 6.27. The van der Waals surface area contributed by atoms with E-state index < -0.39 is 74.4 Å². The molecule has 0 amide bonds. The average molecular weight is 1520 g/mol. The highest BCUT2D eigenvalue weighted by Gasteiger charge is 2.54. The zero-order valence-corrected chi connectivity index (χ0v) is 78.0. The van der Waals surface area contributed by atoms with Crippen molar-refractivity contribution in [3.05, 3.63) is 68.8 Å². The normalized spacial score (nSPS) is 29.0. The molecule has 0 N–H and O–H groups in total. The third-order valence-electron chi connectivity index (χ3n) is 28.7. The van der Waals surface area contributed by atoms with Crippen molar-refractivity contribution in [3.63, 3.8) is 0 Å². The van der Waals surface area contributed by atoms with Gasteiger partial charge in [0.05, 0.1) is 5.41 Å². The van der Waals surface area contributed by atoms with Crippen LogP contribution in [0.2, 0.25) is 0 Å². The summed E-state index contributed by atoms with van der Waals surface area (Å²) in [6, 6.07) is 6.65. The van der Waals surface area contributed by atoms with Gasteiger partial charge in [-0.15, -0.1) is 0 Å². The number of hydrogen-bond donors (Lipinski definition) is 0. The molecule has 0 aromatic heterocycles. The first-order chi connectivity index (χ1) is 56.0. The number of benzene rings is 2. The quantitative estimate of drug-likeness (QED) is 0.235. The van der Waals surface area contributed by atoms with E-state index in [1.165, 1.54) is 127 Å². The van der Waals surface area contributed by atoms with E-state index in [2.05, 4.69) is 192 Å². The molecule has 0 bridgehead atoms. The molecular weight excluding hydrogens is 1310 g/mol. The van der Waals surface area contributed by atoms with Crippen molar-refractivity contribution in [2.75, 3.05) is 0 Å². The van der Waals surface area contributed by atoms with Crippen molar-refractivity contribution in [3.8, 4) is 0 Å². The molecular formula is C104H193F3. The fourth-order valence-corrected chi connectivity index (χ4v) is 19.0. The van der Waals surface area contributed by atoms with Gasteiger partial charge in [0.2, 0.25) is 0 Å². The van der Waals surface area contributed by atoms with Gasteiger partial charge < -0.3 is 0 Å². The molecule has 0 nitrogen and oxygen atoms in total. The van der Waals surface area contributed by atoms with E-state index in [0.717, 1.165) is 94.7 Å². The van der Waals surface area contributed by atoms with Gasteiger partial charge in [0.15, 0.2) is 0 Å². The highest BCUT2D eigenvalue weighted by Crippen LogP contribution is 2.59. The Labute approximate surface area is 701 Å². The van der Waals surface area contributed by atoms with Gasteiger partial charge in [-0.2, -0.15) is 13.2 Å². The highest BCUT2D eigenvalue weighted by molar-refractivity contribution is 5.44. The fourth-order valence-electron chi connectivity index (χ4n) is 19.0. The lowest BCUT2D eigenvalue weighted by atomic mass is 9.51. The van der Waals surface area contributed by atoms with Crippen molar-refractivity contribution < 1.29 is 42.0 Å². The molecule has 0 radical (unpaired) electrons. The third kappa shape index (κ3) is 32.4. The van der Waals surface area contributed by atoms with Crippen LogP contribution in [0.25, 0.3) is 0 Å². The second-order valence-electron chi connectivity index (χ2n) is 42.9. The van der Waals surface area contributed by atoms with Gasteiger partial charge >= 0.3 is 6.18 Å². The highest BCUT2D eigenvalue weighted by atomic mass is 19.4. The third-order valence-corrected chi connectivity index (χ3v) is 28.7. The minimum absolute atomic E-state index is 0.0347. The van der Waals surface area contributed by atoms with Crippen molar-refractivity contribution in [1.82, 2.24) is 0 Å². The number of hydrogen-bond acceptors (Lipinski definition) is 0. The SMILES string of the molecule is CC1C(C)(C)CC(C)(C)CC1(C)C.CC1C(C)(C)CCCC1(C)C.[2H]C(C)(C)c1cc(C(C)(C)C)cc(C([2H])(C)C)c1C.[2H]C(C)(CC)CC.[2H]C([2H])(C)C1(C(F)(F)F)CCCC1.[2H]C([2H])(C)C1(C)CCCC1.[2H]C([2H])([2H])C([2H])(C)c1cc(C([2H])(C)C([2H])([2H])[2H])c(C)c(C([2H])(C)C([2H])([2H])[2H])c1.[2H]C1(C)C(C)(C)CCCC1(C)C.[2H]C1(C)CCC2(CC1)CCC(C)(C)CC2. The molecule has 2 aromatic rings. The van der Waals surface area contributed by atoms with Crippen LogP contribution in [-0.4, -0.2) is 6.18 Å². The summed E-state index contributed by atoms with van der Waals surface area (Å²) < 4.78 is 203. The Morgan fingerprint density at radius 2 is 0.776 bits per heavy atom. The molecule has 630 valence electrons. The van der Waals surface area contributed by atoms with Gasteiger partial charge in [-0.1, -0.05) is 365 Å². The minimum atomic E-state index is -4.41. The molecule has 2 aromatic carbocycles. The van der Waals surface area contributed by atoms with E-state index in [9.17, 15) is 13.2 Å². The second kappa shape index (κ2) is 42.2. The van der Waals surface area contributed by atoms with Crippen LogP contribution in [0.15, 0.2) is 24.3 Å². The number of alkyl halides is 3. The van der Waals surface area contributed by atoms with E-state index in [0.29, 0.717) is 50.7 Å². The molecule has 7 saturated carbocycles. The lowest BCUT2D eigenvalue weighted by Crippen LogP contribution is -2.45.